The van der Waals surface area contributed by atoms with Crippen molar-refractivity contribution in [2.24, 2.45) is 0 Å². The molecule has 47 heavy (non-hydrogen) atoms. The van der Waals surface area contributed by atoms with E-state index in [2.05, 4.69) is 4.98 Å². The van der Waals surface area contributed by atoms with Gasteiger partial charge < -0.3 is 24.3 Å². The maximum Gasteiger partial charge on any atom is 0.337 e. The van der Waals surface area contributed by atoms with E-state index < -0.39 is 11.9 Å². The number of carboxylic acid groups (broad SMARTS) is 2. The maximum absolute atomic E-state index is 12.0. The summed E-state index contributed by atoms with van der Waals surface area (Å²) in [6.45, 7) is 1.11. The third-order valence-electron chi connectivity index (χ3n) is 7.70. The molecule has 0 bridgehead atoms. The number of carboxylic acids is 2. The summed E-state index contributed by atoms with van der Waals surface area (Å²) in [5, 5.41) is 21.1. The average Bonchev–Trinajstić information content (AvgIpc) is 3.45. The first-order chi connectivity index (χ1) is 22.8. The minimum Gasteiger partial charge on any atom is -0.489 e. The zero-order valence-corrected chi connectivity index (χ0v) is 26.1. The van der Waals surface area contributed by atoms with Crippen LogP contribution in [0.15, 0.2) is 103 Å². The number of aromatic nitrogens is 2. The molecule has 9 heteroatoms. The summed E-state index contributed by atoms with van der Waals surface area (Å²) in [5.41, 5.74) is 5.22. The molecule has 0 radical (unpaired) electrons. The van der Waals surface area contributed by atoms with Crippen LogP contribution in [0, 0.1) is 0 Å². The van der Waals surface area contributed by atoms with E-state index in [9.17, 15) is 14.7 Å². The first kappa shape index (κ1) is 31.4. The number of nitrogens with zero attached hydrogens (tertiary/aromatic N) is 2. The van der Waals surface area contributed by atoms with E-state index in [0.717, 1.165) is 44.6 Å². The van der Waals surface area contributed by atoms with Crippen LogP contribution in [0.3, 0.4) is 0 Å². The van der Waals surface area contributed by atoms with Crippen LogP contribution in [0.5, 0.6) is 11.5 Å². The summed E-state index contributed by atoms with van der Waals surface area (Å²) in [6, 6.07) is 30.6. The Balaban J connectivity index is 1.08. The molecule has 6 rings (SSSR count). The Morgan fingerprint density at radius 2 is 1.62 bits per heavy atom. The number of hydrogen-bond donors (Lipinski definition) is 2. The van der Waals surface area contributed by atoms with Gasteiger partial charge in [-0.15, -0.1) is 0 Å². The highest BCUT2D eigenvalue weighted by atomic mass is 35.5. The number of aliphatic carboxylic acids is 1. The van der Waals surface area contributed by atoms with Gasteiger partial charge in [0.2, 0.25) is 0 Å². The Bertz CT molecular complexity index is 2100. The van der Waals surface area contributed by atoms with Gasteiger partial charge in [-0.05, 0) is 71.6 Å². The summed E-state index contributed by atoms with van der Waals surface area (Å²) in [5.74, 6) is -0.478. The summed E-state index contributed by atoms with van der Waals surface area (Å²) in [4.78, 5) is 27.6. The third-order valence-corrected chi connectivity index (χ3v) is 7.93. The van der Waals surface area contributed by atoms with Crippen molar-refractivity contribution in [3.05, 3.63) is 136 Å². The lowest BCUT2D eigenvalue weighted by atomic mass is 10.0. The summed E-state index contributed by atoms with van der Waals surface area (Å²) in [7, 11) is 0. The molecule has 0 fully saturated rings. The van der Waals surface area contributed by atoms with Gasteiger partial charge in [0, 0.05) is 40.5 Å². The maximum atomic E-state index is 12.0. The number of rotatable bonds is 13. The molecular weight excluding hydrogens is 616 g/mol. The summed E-state index contributed by atoms with van der Waals surface area (Å²) < 4.78 is 13.8. The molecule has 0 unspecified atom stereocenters. The number of carbonyl (C=O) groups is 2. The van der Waals surface area contributed by atoms with Crippen LogP contribution in [0.1, 0.15) is 45.6 Å². The van der Waals surface area contributed by atoms with Gasteiger partial charge in [-0.2, -0.15) is 0 Å². The molecule has 0 saturated heterocycles. The highest BCUT2D eigenvalue weighted by molar-refractivity contribution is 6.31. The fourth-order valence-corrected chi connectivity index (χ4v) is 5.56. The van der Waals surface area contributed by atoms with Crippen molar-refractivity contribution >= 4 is 57.5 Å². The quantitative estimate of drug-likeness (QED) is 0.121. The molecule has 2 aromatic heterocycles. The minimum absolute atomic E-state index is 0.0173. The van der Waals surface area contributed by atoms with Crippen LogP contribution in [-0.2, 0) is 24.6 Å². The number of hydrogen-bond acceptors (Lipinski definition) is 5. The lowest BCUT2D eigenvalue weighted by Gasteiger charge is -2.10. The number of aryl methyl sites for hydroxylation is 1. The van der Waals surface area contributed by atoms with Gasteiger partial charge >= 0.3 is 11.9 Å². The molecule has 4 aromatic carbocycles. The molecule has 0 spiro atoms. The number of benzene rings is 4. The topological polar surface area (TPSA) is 111 Å². The van der Waals surface area contributed by atoms with Crippen molar-refractivity contribution in [1.82, 2.24) is 9.55 Å². The second kappa shape index (κ2) is 14.2. The largest absolute Gasteiger partial charge is 0.489 e. The predicted molar refractivity (Wildman–Crippen MR) is 183 cm³/mol. The number of ether oxygens (including phenoxy) is 2. The van der Waals surface area contributed by atoms with E-state index in [4.69, 9.17) is 26.2 Å². The SMILES string of the molecule is O=C(O)CCCn1cc(C(=O)O)c2c(C=Cc3ccc(OCc4cccc(OCc5ccc6ccc(Cl)cc6n5)c4)cc3)cccc21. The molecule has 0 saturated carbocycles. The van der Waals surface area contributed by atoms with Gasteiger partial charge in [0.15, 0.2) is 0 Å². The molecule has 0 aliphatic carbocycles. The fourth-order valence-electron chi connectivity index (χ4n) is 5.39. The second-order valence-corrected chi connectivity index (χ2v) is 11.5. The summed E-state index contributed by atoms with van der Waals surface area (Å²) >= 11 is 6.11. The van der Waals surface area contributed by atoms with E-state index in [1.807, 2.05) is 114 Å². The van der Waals surface area contributed by atoms with Crippen molar-refractivity contribution in [3.8, 4) is 11.5 Å². The van der Waals surface area contributed by atoms with Crippen molar-refractivity contribution in [2.45, 2.75) is 32.6 Å². The Labute approximate surface area is 276 Å². The van der Waals surface area contributed by atoms with Crippen LogP contribution in [-0.4, -0.2) is 31.7 Å². The minimum atomic E-state index is -1.03. The molecule has 2 N–H and O–H groups in total. The lowest BCUT2D eigenvalue weighted by Crippen LogP contribution is -2.01. The molecule has 0 aliphatic rings. The Kier molecular flexibility index (Phi) is 9.50. The van der Waals surface area contributed by atoms with Crippen molar-refractivity contribution in [3.63, 3.8) is 0 Å². The van der Waals surface area contributed by atoms with E-state index >= 15 is 0 Å². The first-order valence-electron chi connectivity index (χ1n) is 15.1. The van der Waals surface area contributed by atoms with Crippen LogP contribution in [0.2, 0.25) is 5.02 Å². The lowest BCUT2D eigenvalue weighted by molar-refractivity contribution is -0.137. The highest BCUT2D eigenvalue weighted by Crippen LogP contribution is 2.28. The van der Waals surface area contributed by atoms with Crippen LogP contribution < -0.4 is 9.47 Å². The van der Waals surface area contributed by atoms with Gasteiger partial charge in [0.05, 0.1) is 16.8 Å². The number of fused-ring (bicyclic) bond motifs is 2. The molecule has 236 valence electrons. The molecule has 0 atom stereocenters. The van der Waals surface area contributed by atoms with Gasteiger partial charge in [0.25, 0.3) is 0 Å². The van der Waals surface area contributed by atoms with Crippen LogP contribution in [0.25, 0.3) is 34.0 Å². The Morgan fingerprint density at radius 3 is 2.43 bits per heavy atom. The highest BCUT2D eigenvalue weighted by Gasteiger charge is 2.16. The van der Waals surface area contributed by atoms with Gasteiger partial charge in [0.1, 0.15) is 24.7 Å². The molecule has 0 aliphatic heterocycles. The monoisotopic (exact) mass is 646 g/mol. The Hall–Kier alpha value is -5.60. The number of pyridine rings is 1. The molecule has 0 amide bonds. The smallest absolute Gasteiger partial charge is 0.337 e. The Morgan fingerprint density at radius 1 is 0.830 bits per heavy atom. The standard InChI is InChI=1S/C38H31ClN2O6/c39-29-15-13-27-14-16-30(40-34(27)21-29)24-47-32-6-1-4-26(20-32)23-46-31-17-10-25(11-18-31)9-12-28-5-2-7-35-37(28)33(38(44)45)22-41(35)19-3-8-36(42)43/h1-2,4-7,9-18,20-22H,3,8,19,23-24H2,(H,42,43)(H,44,45). The van der Waals surface area contributed by atoms with Crippen molar-refractivity contribution < 1.29 is 29.3 Å². The third kappa shape index (κ3) is 7.80. The van der Waals surface area contributed by atoms with Gasteiger partial charge in [-0.3, -0.25) is 4.79 Å². The van der Waals surface area contributed by atoms with Gasteiger partial charge in [-0.1, -0.05) is 72.3 Å². The number of aromatic carboxylic acids is 1. The first-order valence-corrected chi connectivity index (χ1v) is 15.4. The summed E-state index contributed by atoms with van der Waals surface area (Å²) in [6.07, 6.45) is 5.82. The molecule has 6 aromatic rings. The van der Waals surface area contributed by atoms with Crippen LogP contribution >= 0.6 is 11.6 Å². The zero-order valence-electron chi connectivity index (χ0n) is 25.3. The van der Waals surface area contributed by atoms with E-state index in [-0.39, 0.29) is 12.0 Å². The molecular formula is C38H31ClN2O6. The van der Waals surface area contributed by atoms with E-state index in [1.165, 1.54) is 0 Å². The van der Waals surface area contributed by atoms with E-state index in [0.29, 0.717) is 42.3 Å². The zero-order chi connectivity index (χ0) is 32.8. The van der Waals surface area contributed by atoms with Crippen LogP contribution in [0.4, 0.5) is 0 Å². The number of halogens is 1. The van der Waals surface area contributed by atoms with Crippen molar-refractivity contribution in [1.29, 1.82) is 0 Å². The average molecular weight is 647 g/mol. The van der Waals surface area contributed by atoms with Gasteiger partial charge in [-0.25, -0.2) is 9.78 Å². The molecule has 2 heterocycles. The van der Waals surface area contributed by atoms with Crippen molar-refractivity contribution in [2.75, 3.05) is 0 Å². The second-order valence-electron chi connectivity index (χ2n) is 11.0. The normalized spacial score (nSPS) is 11.3. The molecule has 8 nitrogen and oxygen atoms in total. The van der Waals surface area contributed by atoms with E-state index in [1.54, 1.807) is 6.20 Å². The predicted octanol–water partition coefficient (Wildman–Crippen LogP) is 8.73. The fraction of sp³-hybridized carbons (Fsp3) is 0.132.